The monoisotopic (exact) mass is 485 g/mol. The maximum atomic E-state index is 13.4. The van der Waals surface area contributed by atoms with Crippen molar-refractivity contribution in [2.45, 2.75) is 18.9 Å². The molecule has 4 rings (SSSR count). The Morgan fingerprint density at radius 2 is 1.86 bits per heavy atom. The molecule has 0 saturated heterocycles. The average molecular weight is 486 g/mol. The van der Waals surface area contributed by atoms with E-state index in [9.17, 15) is 19.5 Å². The summed E-state index contributed by atoms with van der Waals surface area (Å²) >= 11 is 0. The molecule has 9 heteroatoms. The summed E-state index contributed by atoms with van der Waals surface area (Å²) in [6.07, 6.45) is 1.99. The van der Waals surface area contributed by atoms with E-state index in [1.54, 1.807) is 47.4 Å². The van der Waals surface area contributed by atoms with Crippen LogP contribution < -0.4 is 16.5 Å². The lowest BCUT2D eigenvalue weighted by Gasteiger charge is -2.24. The Bertz CT molecular complexity index is 1280. The zero-order valence-corrected chi connectivity index (χ0v) is 19.6. The summed E-state index contributed by atoms with van der Waals surface area (Å²) in [5, 5.41) is 18.9. The molecule has 36 heavy (non-hydrogen) atoms. The molecule has 0 radical (unpaired) electrons. The van der Waals surface area contributed by atoms with Crippen LogP contribution >= 0.6 is 0 Å². The molecule has 0 aliphatic carbocycles. The first-order chi connectivity index (χ1) is 17.4. The second-order valence-electron chi connectivity index (χ2n) is 8.54. The largest absolute Gasteiger partial charge is 0.481 e. The van der Waals surface area contributed by atoms with Gasteiger partial charge in [-0.15, -0.1) is 0 Å². The number of rotatable bonds is 8. The van der Waals surface area contributed by atoms with Gasteiger partial charge in [-0.2, -0.15) is 5.10 Å². The first-order valence-electron chi connectivity index (χ1n) is 11.5. The van der Waals surface area contributed by atoms with Gasteiger partial charge in [-0.3, -0.25) is 14.4 Å². The van der Waals surface area contributed by atoms with E-state index in [4.69, 9.17) is 5.84 Å². The van der Waals surface area contributed by atoms with Crippen LogP contribution in [0.2, 0.25) is 0 Å². The van der Waals surface area contributed by atoms with Crippen LogP contribution in [0.5, 0.6) is 0 Å². The van der Waals surface area contributed by atoms with Crippen LogP contribution in [0.1, 0.15) is 38.3 Å². The Balaban J connectivity index is 1.55. The Hall–Kier alpha value is -4.66. The standard InChI is InChI=1S/C27H27N5O4/c28-29-16-19-6-9-21(10-7-19)31-26(35)20-8-11-23-24(14-20)30-22(15-25(33)34)17-32(27(23)36)13-12-18-4-2-1-3-5-18/h1-11,14,16,22,30H,12-13,15,17,28H2,(H,31,35)(H,33,34). The molecule has 1 aliphatic heterocycles. The zero-order chi connectivity index (χ0) is 25.5. The number of nitrogens with two attached hydrogens (primary N) is 1. The summed E-state index contributed by atoms with van der Waals surface area (Å²) in [7, 11) is 0. The van der Waals surface area contributed by atoms with Gasteiger partial charge >= 0.3 is 5.97 Å². The molecule has 1 heterocycles. The predicted octanol–water partition coefficient (Wildman–Crippen LogP) is 3.19. The highest BCUT2D eigenvalue weighted by Crippen LogP contribution is 2.26. The van der Waals surface area contributed by atoms with Crippen LogP contribution in [0, 0.1) is 0 Å². The zero-order valence-electron chi connectivity index (χ0n) is 19.6. The van der Waals surface area contributed by atoms with E-state index in [2.05, 4.69) is 15.7 Å². The number of benzene rings is 3. The molecule has 0 saturated carbocycles. The number of nitrogens with one attached hydrogen (secondary N) is 2. The number of fused-ring (bicyclic) bond motifs is 1. The third kappa shape index (κ3) is 6.06. The molecule has 0 spiro atoms. The molecule has 5 N–H and O–H groups in total. The van der Waals surface area contributed by atoms with Gasteiger partial charge in [0.15, 0.2) is 0 Å². The van der Waals surface area contributed by atoms with E-state index < -0.39 is 12.0 Å². The van der Waals surface area contributed by atoms with Crippen molar-refractivity contribution in [1.82, 2.24) is 4.90 Å². The number of anilines is 2. The van der Waals surface area contributed by atoms with Crippen molar-refractivity contribution < 1.29 is 19.5 Å². The molecule has 0 aromatic heterocycles. The summed E-state index contributed by atoms with van der Waals surface area (Å²) in [6.45, 7) is 0.694. The summed E-state index contributed by atoms with van der Waals surface area (Å²) in [5.41, 5.74) is 3.66. The third-order valence-corrected chi connectivity index (χ3v) is 5.93. The van der Waals surface area contributed by atoms with Crippen LogP contribution in [0.25, 0.3) is 0 Å². The summed E-state index contributed by atoms with van der Waals surface area (Å²) < 4.78 is 0. The van der Waals surface area contributed by atoms with Crippen molar-refractivity contribution in [1.29, 1.82) is 0 Å². The molecule has 0 fully saturated rings. The number of hydrogen-bond donors (Lipinski definition) is 4. The number of carbonyl (C=O) groups excluding carboxylic acids is 2. The number of amides is 2. The maximum Gasteiger partial charge on any atom is 0.305 e. The molecule has 9 nitrogen and oxygen atoms in total. The summed E-state index contributed by atoms with van der Waals surface area (Å²) in [5.74, 6) is 3.63. The van der Waals surface area contributed by atoms with Crippen LogP contribution in [-0.2, 0) is 11.2 Å². The normalized spacial score (nSPS) is 15.2. The number of aliphatic carboxylic acids is 1. The number of carbonyl (C=O) groups is 3. The number of hydrogen-bond acceptors (Lipinski definition) is 6. The van der Waals surface area contributed by atoms with Gasteiger partial charge in [0.25, 0.3) is 11.8 Å². The molecular weight excluding hydrogens is 458 g/mol. The highest BCUT2D eigenvalue weighted by molar-refractivity contribution is 6.07. The van der Waals surface area contributed by atoms with Gasteiger partial charge in [-0.05, 0) is 47.9 Å². The smallest absolute Gasteiger partial charge is 0.305 e. The van der Waals surface area contributed by atoms with E-state index in [0.29, 0.717) is 35.5 Å². The molecule has 1 aliphatic rings. The number of nitrogens with zero attached hydrogens (tertiary/aromatic N) is 2. The SMILES string of the molecule is NN=Cc1ccc(NC(=O)c2ccc3c(c2)NC(CC(=O)O)CN(CCc2ccccc2)C3=O)cc1. The van der Waals surface area contributed by atoms with Crippen LogP contribution in [0.15, 0.2) is 77.9 Å². The minimum atomic E-state index is -0.969. The van der Waals surface area contributed by atoms with Crippen molar-refractivity contribution in [3.05, 3.63) is 95.1 Å². The number of carboxylic acid groups (broad SMARTS) is 1. The van der Waals surface area contributed by atoms with Gasteiger partial charge in [-0.1, -0.05) is 42.5 Å². The second-order valence-corrected chi connectivity index (χ2v) is 8.54. The number of carboxylic acids is 1. The van der Waals surface area contributed by atoms with Crippen LogP contribution in [0.4, 0.5) is 11.4 Å². The minimum absolute atomic E-state index is 0.163. The number of hydrazone groups is 1. The van der Waals surface area contributed by atoms with Crippen LogP contribution in [-0.4, -0.2) is 53.1 Å². The van der Waals surface area contributed by atoms with Gasteiger partial charge in [0.1, 0.15) is 0 Å². The van der Waals surface area contributed by atoms with Crippen molar-refractivity contribution >= 4 is 35.4 Å². The molecule has 3 aromatic carbocycles. The van der Waals surface area contributed by atoms with Gasteiger partial charge in [0.2, 0.25) is 0 Å². The van der Waals surface area contributed by atoms with Crippen molar-refractivity contribution in [2.24, 2.45) is 10.9 Å². The van der Waals surface area contributed by atoms with E-state index in [-0.39, 0.29) is 24.8 Å². The van der Waals surface area contributed by atoms with Crippen molar-refractivity contribution in [3.8, 4) is 0 Å². The lowest BCUT2D eigenvalue weighted by atomic mass is 10.1. The first kappa shape index (κ1) is 24.5. The lowest BCUT2D eigenvalue weighted by Crippen LogP contribution is -2.39. The van der Waals surface area contributed by atoms with Gasteiger partial charge in [0.05, 0.1) is 24.2 Å². The highest BCUT2D eigenvalue weighted by Gasteiger charge is 2.29. The van der Waals surface area contributed by atoms with Gasteiger partial charge in [0, 0.05) is 30.0 Å². The molecule has 0 bridgehead atoms. The molecule has 3 aromatic rings. The van der Waals surface area contributed by atoms with Crippen molar-refractivity contribution in [3.63, 3.8) is 0 Å². The fraction of sp³-hybridized carbons (Fsp3) is 0.185. The average Bonchev–Trinajstić information content (AvgIpc) is 2.99. The molecule has 1 unspecified atom stereocenters. The molecular formula is C27H27N5O4. The summed E-state index contributed by atoms with van der Waals surface area (Å²) in [6, 6.07) is 21.1. The Kier molecular flexibility index (Phi) is 7.60. The minimum Gasteiger partial charge on any atom is -0.481 e. The Morgan fingerprint density at radius 1 is 1.11 bits per heavy atom. The summed E-state index contributed by atoms with van der Waals surface area (Å²) in [4.78, 5) is 39.4. The Labute approximate surface area is 208 Å². The molecule has 2 amide bonds. The Morgan fingerprint density at radius 3 is 2.56 bits per heavy atom. The van der Waals surface area contributed by atoms with Crippen LogP contribution in [0.3, 0.4) is 0 Å². The fourth-order valence-corrected chi connectivity index (χ4v) is 4.15. The predicted molar refractivity (Wildman–Crippen MR) is 138 cm³/mol. The van der Waals surface area contributed by atoms with E-state index in [0.717, 1.165) is 11.1 Å². The van der Waals surface area contributed by atoms with Crippen molar-refractivity contribution in [2.75, 3.05) is 23.7 Å². The van der Waals surface area contributed by atoms with E-state index in [1.807, 2.05) is 30.3 Å². The molecule has 184 valence electrons. The van der Waals surface area contributed by atoms with Gasteiger partial charge in [-0.25, -0.2) is 0 Å². The highest BCUT2D eigenvalue weighted by atomic mass is 16.4. The lowest BCUT2D eigenvalue weighted by molar-refractivity contribution is -0.137. The third-order valence-electron chi connectivity index (χ3n) is 5.93. The fourth-order valence-electron chi connectivity index (χ4n) is 4.15. The molecule has 1 atom stereocenters. The quantitative estimate of drug-likeness (QED) is 0.220. The maximum absolute atomic E-state index is 13.4. The van der Waals surface area contributed by atoms with E-state index in [1.165, 1.54) is 6.21 Å². The second kappa shape index (κ2) is 11.2. The topological polar surface area (TPSA) is 137 Å². The van der Waals surface area contributed by atoms with E-state index >= 15 is 0 Å². The van der Waals surface area contributed by atoms with Gasteiger partial charge < -0.3 is 26.5 Å². The first-order valence-corrected chi connectivity index (χ1v) is 11.5.